The summed E-state index contributed by atoms with van der Waals surface area (Å²) in [5.74, 6) is -0.0604. The molecule has 2 N–H and O–H groups in total. The van der Waals surface area contributed by atoms with Crippen LogP contribution in [0.4, 0.5) is 10.5 Å². The standard InChI is InChI=1S/C18H22N4O2/c1-12-11-15(5-6-16(12)17(23)22(3)4)21-18(24)20-13(2)14-7-9-19-10-8-14/h5-11,13H,1-4H3,(H2,20,21,24)/t13-/m0/s1. The normalized spacial score (nSPS) is 11.5. The van der Waals surface area contributed by atoms with E-state index in [1.807, 2.05) is 26.0 Å². The van der Waals surface area contributed by atoms with Crippen molar-refractivity contribution in [1.82, 2.24) is 15.2 Å². The van der Waals surface area contributed by atoms with Gasteiger partial charge in [0.1, 0.15) is 0 Å². The van der Waals surface area contributed by atoms with Crippen LogP contribution < -0.4 is 10.6 Å². The summed E-state index contributed by atoms with van der Waals surface area (Å²) in [5.41, 5.74) is 3.05. The van der Waals surface area contributed by atoms with Gasteiger partial charge in [0.15, 0.2) is 0 Å². The summed E-state index contributed by atoms with van der Waals surface area (Å²) < 4.78 is 0. The molecule has 2 rings (SSSR count). The third-order valence-corrected chi connectivity index (χ3v) is 3.67. The van der Waals surface area contributed by atoms with Gasteiger partial charge in [-0.25, -0.2) is 4.79 Å². The Balaban J connectivity index is 2.02. The van der Waals surface area contributed by atoms with Gasteiger partial charge in [0.25, 0.3) is 5.91 Å². The first-order chi connectivity index (χ1) is 11.4. The minimum Gasteiger partial charge on any atom is -0.345 e. The molecule has 24 heavy (non-hydrogen) atoms. The maximum atomic E-state index is 12.1. The number of pyridine rings is 1. The highest BCUT2D eigenvalue weighted by Crippen LogP contribution is 2.17. The maximum Gasteiger partial charge on any atom is 0.319 e. The summed E-state index contributed by atoms with van der Waals surface area (Å²) in [7, 11) is 3.42. The van der Waals surface area contributed by atoms with Gasteiger partial charge in [-0.15, -0.1) is 0 Å². The summed E-state index contributed by atoms with van der Waals surface area (Å²) in [6, 6.07) is 8.51. The molecule has 1 aromatic heterocycles. The lowest BCUT2D eigenvalue weighted by Crippen LogP contribution is -2.31. The number of hydrogen-bond donors (Lipinski definition) is 2. The van der Waals surface area contributed by atoms with Crippen LogP contribution in [0.5, 0.6) is 0 Å². The van der Waals surface area contributed by atoms with Crippen LogP contribution in [0.15, 0.2) is 42.7 Å². The number of nitrogens with one attached hydrogen (secondary N) is 2. The van der Waals surface area contributed by atoms with E-state index in [-0.39, 0.29) is 18.0 Å². The van der Waals surface area contributed by atoms with E-state index in [1.54, 1.807) is 44.7 Å². The number of rotatable bonds is 4. The molecule has 0 saturated heterocycles. The van der Waals surface area contributed by atoms with Gasteiger partial charge in [-0.1, -0.05) is 0 Å². The monoisotopic (exact) mass is 326 g/mol. The number of benzene rings is 1. The van der Waals surface area contributed by atoms with Crippen molar-refractivity contribution in [2.24, 2.45) is 0 Å². The molecule has 0 spiro atoms. The third kappa shape index (κ3) is 4.32. The SMILES string of the molecule is Cc1cc(NC(=O)N[C@@H](C)c2ccncc2)ccc1C(=O)N(C)C. The molecule has 2 aromatic rings. The molecule has 0 unspecified atom stereocenters. The lowest BCUT2D eigenvalue weighted by atomic mass is 10.1. The highest BCUT2D eigenvalue weighted by molar-refractivity contribution is 5.96. The van der Waals surface area contributed by atoms with E-state index in [0.717, 1.165) is 11.1 Å². The van der Waals surface area contributed by atoms with Crippen LogP contribution in [0.1, 0.15) is 34.5 Å². The van der Waals surface area contributed by atoms with Gasteiger partial charge >= 0.3 is 6.03 Å². The zero-order chi connectivity index (χ0) is 17.7. The molecule has 126 valence electrons. The Bertz CT molecular complexity index is 729. The maximum absolute atomic E-state index is 12.1. The molecule has 0 fully saturated rings. The summed E-state index contributed by atoms with van der Waals surface area (Å²) in [6.45, 7) is 3.75. The molecule has 6 heteroatoms. The Morgan fingerprint density at radius 1 is 1.12 bits per heavy atom. The van der Waals surface area contributed by atoms with Crippen LogP contribution in [0.2, 0.25) is 0 Å². The van der Waals surface area contributed by atoms with Crippen molar-refractivity contribution in [2.75, 3.05) is 19.4 Å². The zero-order valence-electron chi connectivity index (χ0n) is 14.3. The van der Waals surface area contributed by atoms with Crippen LogP contribution >= 0.6 is 0 Å². The Labute approximate surface area is 141 Å². The summed E-state index contributed by atoms with van der Waals surface area (Å²) in [6.07, 6.45) is 3.38. The third-order valence-electron chi connectivity index (χ3n) is 3.67. The van der Waals surface area contributed by atoms with Gasteiger partial charge in [0, 0.05) is 37.7 Å². The number of hydrogen-bond acceptors (Lipinski definition) is 3. The molecule has 0 radical (unpaired) electrons. The minimum absolute atomic E-state index is 0.0604. The molecule has 1 heterocycles. The number of anilines is 1. The first-order valence-electron chi connectivity index (χ1n) is 7.68. The van der Waals surface area contributed by atoms with Crippen molar-refractivity contribution in [1.29, 1.82) is 0 Å². The molecular formula is C18H22N4O2. The first-order valence-corrected chi connectivity index (χ1v) is 7.68. The molecule has 1 atom stereocenters. The number of aromatic nitrogens is 1. The molecular weight excluding hydrogens is 304 g/mol. The van der Waals surface area contributed by atoms with Gasteiger partial charge in [-0.05, 0) is 55.3 Å². The largest absolute Gasteiger partial charge is 0.345 e. The predicted octanol–water partition coefficient (Wildman–Crippen LogP) is 2.97. The van der Waals surface area contributed by atoms with E-state index in [9.17, 15) is 9.59 Å². The second-order valence-electron chi connectivity index (χ2n) is 5.83. The lowest BCUT2D eigenvalue weighted by molar-refractivity contribution is 0.0827. The van der Waals surface area contributed by atoms with Gasteiger partial charge in [-0.2, -0.15) is 0 Å². The fourth-order valence-electron chi connectivity index (χ4n) is 2.32. The van der Waals surface area contributed by atoms with Gasteiger partial charge < -0.3 is 15.5 Å². The predicted molar refractivity (Wildman–Crippen MR) is 94.0 cm³/mol. The smallest absolute Gasteiger partial charge is 0.319 e. The number of urea groups is 1. The Hall–Kier alpha value is -2.89. The number of carbonyl (C=O) groups is 2. The van der Waals surface area contributed by atoms with E-state index >= 15 is 0 Å². The molecule has 1 aromatic carbocycles. The van der Waals surface area contributed by atoms with Crippen molar-refractivity contribution < 1.29 is 9.59 Å². The Morgan fingerprint density at radius 3 is 2.38 bits per heavy atom. The van der Waals surface area contributed by atoms with Gasteiger partial charge in [-0.3, -0.25) is 9.78 Å². The van der Waals surface area contributed by atoms with E-state index in [1.165, 1.54) is 4.90 Å². The zero-order valence-corrected chi connectivity index (χ0v) is 14.3. The average Bonchev–Trinajstić information content (AvgIpc) is 2.55. The van der Waals surface area contributed by atoms with Crippen LogP contribution in [0.25, 0.3) is 0 Å². The van der Waals surface area contributed by atoms with Crippen molar-refractivity contribution in [3.05, 3.63) is 59.4 Å². The topological polar surface area (TPSA) is 74.3 Å². The molecule has 0 aliphatic heterocycles. The molecule has 0 bridgehead atoms. The summed E-state index contributed by atoms with van der Waals surface area (Å²) in [5, 5.41) is 5.65. The highest BCUT2D eigenvalue weighted by atomic mass is 16.2. The van der Waals surface area contributed by atoms with Crippen LogP contribution in [0, 0.1) is 6.92 Å². The Kier molecular flexibility index (Phi) is 5.52. The van der Waals surface area contributed by atoms with Crippen LogP contribution in [-0.4, -0.2) is 35.9 Å². The number of carbonyl (C=O) groups excluding carboxylic acids is 2. The van der Waals surface area contributed by atoms with Crippen molar-refractivity contribution in [3.8, 4) is 0 Å². The number of aryl methyl sites for hydroxylation is 1. The quantitative estimate of drug-likeness (QED) is 0.907. The van der Waals surface area contributed by atoms with E-state index in [2.05, 4.69) is 15.6 Å². The van der Waals surface area contributed by atoms with Crippen molar-refractivity contribution in [3.63, 3.8) is 0 Å². The number of amides is 3. The molecule has 6 nitrogen and oxygen atoms in total. The highest BCUT2D eigenvalue weighted by Gasteiger charge is 2.13. The van der Waals surface area contributed by atoms with E-state index in [0.29, 0.717) is 11.3 Å². The molecule has 3 amide bonds. The first kappa shape index (κ1) is 17.5. The fraction of sp³-hybridized carbons (Fsp3) is 0.278. The second-order valence-corrected chi connectivity index (χ2v) is 5.83. The average molecular weight is 326 g/mol. The summed E-state index contributed by atoms with van der Waals surface area (Å²) >= 11 is 0. The van der Waals surface area contributed by atoms with E-state index < -0.39 is 0 Å². The van der Waals surface area contributed by atoms with Gasteiger partial charge in [0.2, 0.25) is 0 Å². The van der Waals surface area contributed by atoms with Crippen LogP contribution in [-0.2, 0) is 0 Å². The van der Waals surface area contributed by atoms with Crippen molar-refractivity contribution in [2.45, 2.75) is 19.9 Å². The fourth-order valence-corrected chi connectivity index (χ4v) is 2.32. The number of nitrogens with zero attached hydrogens (tertiary/aromatic N) is 2. The minimum atomic E-state index is -0.301. The second kappa shape index (κ2) is 7.59. The van der Waals surface area contributed by atoms with Crippen molar-refractivity contribution >= 4 is 17.6 Å². The van der Waals surface area contributed by atoms with E-state index in [4.69, 9.17) is 0 Å². The molecule has 0 aliphatic rings. The molecule has 0 saturated carbocycles. The summed E-state index contributed by atoms with van der Waals surface area (Å²) in [4.78, 5) is 29.6. The lowest BCUT2D eigenvalue weighted by Gasteiger charge is -2.16. The Morgan fingerprint density at radius 2 is 1.79 bits per heavy atom. The molecule has 0 aliphatic carbocycles. The van der Waals surface area contributed by atoms with Crippen LogP contribution in [0.3, 0.4) is 0 Å². The van der Waals surface area contributed by atoms with Gasteiger partial charge in [0.05, 0.1) is 6.04 Å².